The Labute approximate surface area is 99.8 Å². The van der Waals surface area contributed by atoms with Crippen molar-refractivity contribution in [3.05, 3.63) is 0 Å². The molecule has 4 nitrogen and oxygen atoms in total. The Balaban J connectivity index is 3.44. The van der Waals surface area contributed by atoms with Crippen LogP contribution in [0.5, 0.6) is 0 Å². The fourth-order valence-electron chi connectivity index (χ4n) is 1.33. The van der Waals surface area contributed by atoms with Crippen molar-refractivity contribution in [2.24, 2.45) is 0 Å². The van der Waals surface area contributed by atoms with Crippen LogP contribution in [0.2, 0.25) is 0 Å². The molecule has 0 radical (unpaired) electrons. The van der Waals surface area contributed by atoms with Crippen LogP contribution in [-0.4, -0.2) is 49.6 Å². The maximum atomic E-state index is 9.13. The Morgan fingerprint density at radius 1 is 1.00 bits per heavy atom. The van der Waals surface area contributed by atoms with Crippen LogP contribution in [0.25, 0.3) is 0 Å². The van der Waals surface area contributed by atoms with Gasteiger partial charge in [0.25, 0.3) is 0 Å². The van der Waals surface area contributed by atoms with E-state index in [2.05, 4.69) is 38.3 Å². The molecule has 0 fully saturated rings. The zero-order chi connectivity index (χ0) is 12.4. The molecule has 0 saturated carbocycles. The first-order valence-corrected chi connectivity index (χ1v) is 6.25. The van der Waals surface area contributed by atoms with Gasteiger partial charge in [-0.2, -0.15) is 0 Å². The first-order valence-electron chi connectivity index (χ1n) is 6.25. The molecule has 0 heterocycles. The molecule has 0 amide bonds. The number of aliphatic hydroxyl groups is 1. The maximum absolute atomic E-state index is 9.13. The van der Waals surface area contributed by atoms with Gasteiger partial charge in [0.05, 0.1) is 19.3 Å². The quantitative estimate of drug-likeness (QED) is 0.487. The average molecular weight is 232 g/mol. The summed E-state index contributed by atoms with van der Waals surface area (Å²) in [4.78, 5) is 0. The van der Waals surface area contributed by atoms with Crippen molar-refractivity contribution < 1.29 is 9.84 Å². The number of rotatable bonds is 10. The highest BCUT2D eigenvalue weighted by atomic mass is 16.5. The third-order valence-electron chi connectivity index (χ3n) is 2.23. The van der Waals surface area contributed by atoms with Crippen LogP contribution in [0, 0.1) is 0 Å². The minimum Gasteiger partial charge on any atom is -0.394 e. The second-order valence-corrected chi connectivity index (χ2v) is 4.68. The van der Waals surface area contributed by atoms with Crippen LogP contribution in [0.4, 0.5) is 0 Å². The van der Waals surface area contributed by atoms with E-state index in [1.807, 2.05) is 0 Å². The van der Waals surface area contributed by atoms with Crippen LogP contribution in [0.1, 0.15) is 34.1 Å². The Bertz CT molecular complexity index is 152. The summed E-state index contributed by atoms with van der Waals surface area (Å²) in [7, 11) is 0. The van der Waals surface area contributed by atoms with E-state index in [0.29, 0.717) is 18.7 Å². The molecule has 0 aromatic heterocycles. The lowest BCUT2D eigenvalue weighted by Gasteiger charge is -2.17. The van der Waals surface area contributed by atoms with Crippen molar-refractivity contribution in [2.45, 2.75) is 52.3 Å². The van der Waals surface area contributed by atoms with Crippen molar-refractivity contribution in [3.63, 3.8) is 0 Å². The summed E-state index contributed by atoms with van der Waals surface area (Å²) < 4.78 is 5.57. The molecule has 0 aromatic rings. The molecule has 0 aliphatic carbocycles. The van der Waals surface area contributed by atoms with Crippen molar-refractivity contribution in [3.8, 4) is 0 Å². The average Bonchev–Trinajstić information content (AvgIpc) is 2.20. The summed E-state index contributed by atoms with van der Waals surface area (Å²) in [5.74, 6) is 0. The summed E-state index contributed by atoms with van der Waals surface area (Å²) in [6.45, 7) is 10.9. The van der Waals surface area contributed by atoms with Gasteiger partial charge in [-0.15, -0.1) is 0 Å². The summed E-state index contributed by atoms with van der Waals surface area (Å²) in [6, 6.07) is 0.973. The van der Waals surface area contributed by atoms with E-state index < -0.39 is 0 Å². The predicted molar refractivity (Wildman–Crippen MR) is 67.7 cm³/mol. The number of nitrogens with one attached hydrogen (secondary N) is 2. The van der Waals surface area contributed by atoms with Crippen LogP contribution in [-0.2, 0) is 4.74 Å². The number of hydrogen-bond acceptors (Lipinski definition) is 4. The van der Waals surface area contributed by atoms with Gasteiger partial charge in [0.1, 0.15) is 0 Å². The molecule has 0 saturated heterocycles. The van der Waals surface area contributed by atoms with Gasteiger partial charge in [-0.25, -0.2) is 0 Å². The minimum atomic E-state index is -0.0415. The molecule has 1 unspecified atom stereocenters. The van der Waals surface area contributed by atoms with Crippen LogP contribution in [0.3, 0.4) is 0 Å². The predicted octanol–water partition coefficient (Wildman–Crippen LogP) is 0.750. The van der Waals surface area contributed by atoms with E-state index in [0.717, 1.165) is 19.5 Å². The third kappa shape index (κ3) is 10.4. The number of ether oxygens (including phenoxy) is 1. The SMILES string of the molecule is CC(C)NCCOC(CO)CCNC(C)C. The van der Waals surface area contributed by atoms with Gasteiger partial charge in [0.2, 0.25) is 0 Å². The number of aliphatic hydroxyl groups excluding tert-OH is 1. The van der Waals surface area contributed by atoms with Crippen LogP contribution < -0.4 is 10.6 Å². The summed E-state index contributed by atoms with van der Waals surface area (Å²) in [5, 5.41) is 15.7. The van der Waals surface area contributed by atoms with Crippen molar-refractivity contribution in [2.75, 3.05) is 26.3 Å². The van der Waals surface area contributed by atoms with E-state index in [1.165, 1.54) is 0 Å². The molecule has 3 N–H and O–H groups in total. The minimum absolute atomic E-state index is 0.0415. The zero-order valence-electron chi connectivity index (χ0n) is 11.1. The largest absolute Gasteiger partial charge is 0.394 e. The standard InChI is InChI=1S/C12H28N2O2/c1-10(2)13-6-5-12(9-15)16-8-7-14-11(3)4/h10-15H,5-9H2,1-4H3. The van der Waals surface area contributed by atoms with Gasteiger partial charge >= 0.3 is 0 Å². The third-order valence-corrected chi connectivity index (χ3v) is 2.23. The monoisotopic (exact) mass is 232 g/mol. The van der Waals surface area contributed by atoms with E-state index in [-0.39, 0.29) is 12.7 Å². The molecule has 0 rings (SSSR count). The maximum Gasteiger partial charge on any atom is 0.0818 e. The summed E-state index contributed by atoms with van der Waals surface area (Å²) >= 11 is 0. The van der Waals surface area contributed by atoms with Crippen molar-refractivity contribution >= 4 is 0 Å². The lowest BCUT2D eigenvalue weighted by molar-refractivity contribution is 0.00942. The zero-order valence-corrected chi connectivity index (χ0v) is 11.1. The van der Waals surface area contributed by atoms with E-state index in [9.17, 15) is 0 Å². The Kier molecular flexibility index (Phi) is 9.92. The van der Waals surface area contributed by atoms with Crippen LogP contribution >= 0.6 is 0 Å². The first kappa shape index (κ1) is 15.8. The second-order valence-electron chi connectivity index (χ2n) is 4.68. The van der Waals surface area contributed by atoms with E-state index >= 15 is 0 Å². The smallest absolute Gasteiger partial charge is 0.0818 e. The molecule has 0 spiro atoms. The van der Waals surface area contributed by atoms with Crippen molar-refractivity contribution in [1.82, 2.24) is 10.6 Å². The van der Waals surface area contributed by atoms with E-state index in [1.54, 1.807) is 0 Å². The summed E-state index contributed by atoms with van der Waals surface area (Å²) in [6.07, 6.45) is 0.816. The van der Waals surface area contributed by atoms with Gasteiger partial charge in [0, 0.05) is 18.6 Å². The van der Waals surface area contributed by atoms with E-state index in [4.69, 9.17) is 9.84 Å². The Hall–Kier alpha value is -0.160. The molecule has 0 aliphatic heterocycles. The highest BCUT2D eigenvalue weighted by Gasteiger charge is 2.07. The topological polar surface area (TPSA) is 53.5 Å². The molecule has 0 aliphatic rings. The van der Waals surface area contributed by atoms with Gasteiger partial charge in [-0.3, -0.25) is 0 Å². The summed E-state index contributed by atoms with van der Waals surface area (Å²) in [5.41, 5.74) is 0. The lowest BCUT2D eigenvalue weighted by atomic mass is 10.2. The van der Waals surface area contributed by atoms with Crippen molar-refractivity contribution in [1.29, 1.82) is 0 Å². The highest BCUT2D eigenvalue weighted by molar-refractivity contribution is 4.61. The van der Waals surface area contributed by atoms with Crippen LogP contribution in [0.15, 0.2) is 0 Å². The molecule has 98 valence electrons. The molecular weight excluding hydrogens is 204 g/mol. The van der Waals surface area contributed by atoms with Gasteiger partial charge in [-0.1, -0.05) is 27.7 Å². The fraction of sp³-hybridized carbons (Fsp3) is 1.00. The second kappa shape index (κ2) is 10.0. The molecular formula is C12H28N2O2. The Morgan fingerprint density at radius 3 is 2.06 bits per heavy atom. The molecule has 0 bridgehead atoms. The first-order chi connectivity index (χ1) is 7.56. The molecule has 1 atom stereocenters. The molecule has 16 heavy (non-hydrogen) atoms. The molecule has 4 heteroatoms. The number of hydrogen-bond donors (Lipinski definition) is 3. The molecule has 0 aromatic carbocycles. The highest BCUT2D eigenvalue weighted by Crippen LogP contribution is 1.96. The fourth-order valence-corrected chi connectivity index (χ4v) is 1.33. The normalized spacial score (nSPS) is 13.7. The van der Waals surface area contributed by atoms with Gasteiger partial charge in [-0.05, 0) is 13.0 Å². The van der Waals surface area contributed by atoms with Gasteiger partial charge in [0.15, 0.2) is 0 Å². The Morgan fingerprint density at radius 2 is 1.56 bits per heavy atom. The van der Waals surface area contributed by atoms with Gasteiger partial charge < -0.3 is 20.5 Å². The lowest BCUT2D eigenvalue weighted by Crippen LogP contribution is -2.32.